The first kappa shape index (κ1) is 26.5. The van der Waals surface area contributed by atoms with Crippen LogP contribution in [0.15, 0.2) is 59.4 Å². The zero-order valence-electron chi connectivity index (χ0n) is 21.5. The molecule has 1 saturated carbocycles. The van der Waals surface area contributed by atoms with Crippen LogP contribution in [-0.2, 0) is 11.3 Å². The molecule has 0 atom stereocenters. The van der Waals surface area contributed by atoms with E-state index in [1.807, 2.05) is 12.1 Å². The highest BCUT2D eigenvalue weighted by molar-refractivity contribution is 5.81. The van der Waals surface area contributed by atoms with Crippen LogP contribution in [0.2, 0.25) is 0 Å². The predicted molar refractivity (Wildman–Crippen MR) is 145 cm³/mol. The average Bonchev–Trinajstić information content (AvgIpc) is 3.71. The lowest BCUT2D eigenvalue weighted by Gasteiger charge is -2.23. The molecule has 5 rings (SSSR count). The Morgan fingerprint density at radius 1 is 1.31 bits per heavy atom. The first-order chi connectivity index (χ1) is 18.9. The predicted octanol–water partition coefficient (Wildman–Crippen LogP) is 2.98. The topological polar surface area (TPSA) is 140 Å². The SMILES string of the molecule is COCCNCc1cc2ncn(-c3cc(-c4ccc(F)cc4N(N)/C(=C\N)CF)cc(C4CC4)n3)c(=O)c2[nH]1. The molecule has 0 unspecified atom stereocenters. The number of hydrogen-bond donors (Lipinski definition) is 4. The van der Waals surface area contributed by atoms with E-state index in [4.69, 9.17) is 21.3 Å². The number of benzene rings is 1. The highest BCUT2D eigenvalue weighted by atomic mass is 19.1. The number of halogens is 2. The molecular formula is C27H30F2N8O2. The number of nitrogens with two attached hydrogens (primary N) is 2. The van der Waals surface area contributed by atoms with E-state index < -0.39 is 12.5 Å². The second-order valence-electron chi connectivity index (χ2n) is 9.38. The van der Waals surface area contributed by atoms with Crippen LogP contribution in [-0.4, -0.2) is 46.5 Å². The highest BCUT2D eigenvalue weighted by Gasteiger charge is 2.27. The third-order valence-electron chi connectivity index (χ3n) is 6.64. The van der Waals surface area contributed by atoms with Crippen molar-refractivity contribution in [2.24, 2.45) is 11.6 Å². The molecule has 39 heavy (non-hydrogen) atoms. The van der Waals surface area contributed by atoms with Crippen molar-refractivity contribution in [2.45, 2.75) is 25.3 Å². The van der Waals surface area contributed by atoms with Gasteiger partial charge in [-0.05, 0) is 54.8 Å². The lowest BCUT2D eigenvalue weighted by molar-refractivity contribution is 0.199. The third kappa shape index (κ3) is 5.53. The number of rotatable bonds is 11. The number of anilines is 1. The standard InChI is InChI=1S/C27H30F2N8O2/c1-39-7-6-32-14-19-11-23-26(34-19)27(38)36(15-33-23)25-9-17(8-22(35-25)16-2-3-16)21-5-4-18(29)10-24(21)37(31)20(12-28)13-30/h4-5,8-11,13,15-16,32,34H,2-3,6-7,12,14,30-31H2,1H3/b20-13-. The minimum Gasteiger partial charge on any atom is -0.403 e. The molecule has 1 aromatic carbocycles. The maximum Gasteiger partial charge on any atom is 0.283 e. The Hall–Kier alpha value is -4.13. The Kier molecular flexibility index (Phi) is 7.68. The highest BCUT2D eigenvalue weighted by Crippen LogP contribution is 2.42. The van der Waals surface area contributed by atoms with Gasteiger partial charge in [-0.15, -0.1) is 0 Å². The fourth-order valence-electron chi connectivity index (χ4n) is 4.41. The normalized spacial score (nSPS) is 13.8. The Labute approximate surface area is 223 Å². The van der Waals surface area contributed by atoms with Gasteiger partial charge in [0.15, 0.2) is 0 Å². The van der Waals surface area contributed by atoms with Crippen LogP contribution in [0.3, 0.4) is 0 Å². The van der Waals surface area contributed by atoms with Crippen molar-refractivity contribution in [3.05, 3.63) is 82.2 Å². The third-order valence-corrected chi connectivity index (χ3v) is 6.64. The number of aromatic amines is 1. The number of H-pyrrole nitrogens is 1. The lowest BCUT2D eigenvalue weighted by Crippen LogP contribution is -2.32. The fourth-order valence-corrected chi connectivity index (χ4v) is 4.41. The quantitative estimate of drug-likeness (QED) is 0.130. The largest absolute Gasteiger partial charge is 0.403 e. The number of nitrogens with zero attached hydrogens (tertiary/aromatic N) is 4. The molecule has 1 aliphatic carbocycles. The van der Waals surface area contributed by atoms with E-state index in [9.17, 15) is 13.6 Å². The Morgan fingerprint density at radius 3 is 2.85 bits per heavy atom. The molecule has 3 heterocycles. The molecule has 0 spiro atoms. The van der Waals surface area contributed by atoms with Crippen LogP contribution in [0, 0.1) is 5.82 Å². The van der Waals surface area contributed by atoms with Gasteiger partial charge in [-0.3, -0.25) is 9.80 Å². The van der Waals surface area contributed by atoms with Crippen LogP contribution in [0.25, 0.3) is 28.0 Å². The van der Waals surface area contributed by atoms with Crippen molar-refractivity contribution < 1.29 is 13.5 Å². The Bertz CT molecular complexity index is 1580. The van der Waals surface area contributed by atoms with Crippen LogP contribution < -0.4 is 27.5 Å². The number of nitrogens with one attached hydrogen (secondary N) is 2. The van der Waals surface area contributed by atoms with E-state index in [2.05, 4.69) is 15.3 Å². The number of methoxy groups -OCH3 is 1. The van der Waals surface area contributed by atoms with E-state index in [-0.39, 0.29) is 22.9 Å². The van der Waals surface area contributed by atoms with Crippen molar-refractivity contribution >= 4 is 16.7 Å². The van der Waals surface area contributed by atoms with Gasteiger partial charge in [0.1, 0.15) is 30.2 Å². The van der Waals surface area contributed by atoms with E-state index in [0.29, 0.717) is 47.7 Å². The van der Waals surface area contributed by atoms with Gasteiger partial charge in [-0.1, -0.05) is 0 Å². The molecule has 10 nitrogen and oxygen atoms in total. The van der Waals surface area contributed by atoms with Gasteiger partial charge in [0.2, 0.25) is 0 Å². The van der Waals surface area contributed by atoms with Crippen LogP contribution in [0.5, 0.6) is 0 Å². The van der Waals surface area contributed by atoms with Crippen LogP contribution in [0.1, 0.15) is 30.1 Å². The summed E-state index contributed by atoms with van der Waals surface area (Å²) in [5.41, 5.74) is 9.12. The van der Waals surface area contributed by atoms with Crippen molar-refractivity contribution in [3.8, 4) is 16.9 Å². The number of alkyl halides is 1. The summed E-state index contributed by atoms with van der Waals surface area (Å²) < 4.78 is 34.2. The zero-order chi connectivity index (χ0) is 27.5. The van der Waals surface area contributed by atoms with E-state index in [1.54, 1.807) is 19.2 Å². The van der Waals surface area contributed by atoms with Crippen LogP contribution in [0.4, 0.5) is 14.5 Å². The first-order valence-corrected chi connectivity index (χ1v) is 12.6. The number of allylic oxidation sites excluding steroid dienone is 1. The van der Waals surface area contributed by atoms with Crippen molar-refractivity contribution in [2.75, 3.05) is 31.9 Å². The summed E-state index contributed by atoms with van der Waals surface area (Å²) in [6.07, 6.45) is 4.43. The van der Waals surface area contributed by atoms with Gasteiger partial charge in [0, 0.05) is 49.3 Å². The molecule has 0 aliphatic heterocycles. The number of hydrogen-bond acceptors (Lipinski definition) is 8. The second-order valence-corrected chi connectivity index (χ2v) is 9.38. The van der Waals surface area contributed by atoms with E-state index >= 15 is 0 Å². The zero-order valence-corrected chi connectivity index (χ0v) is 21.5. The molecule has 204 valence electrons. The summed E-state index contributed by atoms with van der Waals surface area (Å²) in [6.45, 7) is 0.842. The minimum absolute atomic E-state index is 0.0244. The molecule has 6 N–H and O–H groups in total. The van der Waals surface area contributed by atoms with Gasteiger partial charge in [0.05, 0.1) is 23.5 Å². The summed E-state index contributed by atoms with van der Waals surface area (Å²) in [4.78, 5) is 25.9. The summed E-state index contributed by atoms with van der Waals surface area (Å²) in [6, 6.07) is 9.50. The average molecular weight is 537 g/mol. The number of hydrazine groups is 1. The van der Waals surface area contributed by atoms with Gasteiger partial charge < -0.3 is 20.8 Å². The van der Waals surface area contributed by atoms with Crippen molar-refractivity contribution in [1.29, 1.82) is 0 Å². The van der Waals surface area contributed by atoms with Crippen molar-refractivity contribution in [3.63, 3.8) is 0 Å². The number of pyridine rings is 1. The smallest absolute Gasteiger partial charge is 0.283 e. The van der Waals surface area contributed by atoms with Crippen molar-refractivity contribution in [1.82, 2.24) is 24.8 Å². The molecule has 1 fully saturated rings. The van der Waals surface area contributed by atoms with E-state index in [0.717, 1.165) is 35.4 Å². The summed E-state index contributed by atoms with van der Waals surface area (Å²) in [7, 11) is 1.64. The Morgan fingerprint density at radius 2 is 2.13 bits per heavy atom. The Balaban J connectivity index is 1.58. The molecule has 1 aliphatic rings. The summed E-state index contributed by atoms with van der Waals surface area (Å²) >= 11 is 0. The monoisotopic (exact) mass is 536 g/mol. The lowest BCUT2D eigenvalue weighted by atomic mass is 10.0. The first-order valence-electron chi connectivity index (χ1n) is 12.6. The molecule has 0 amide bonds. The maximum atomic E-state index is 14.3. The molecule has 0 saturated heterocycles. The minimum atomic E-state index is -0.932. The number of aromatic nitrogens is 4. The van der Waals surface area contributed by atoms with Gasteiger partial charge in [-0.25, -0.2) is 29.2 Å². The maximum absolute atomic E-state index is 14.3. The molecule has 3 aromatic heterocycles. The molecule has 12 heteroatoms. The second kappa shape index (κ2) is 11.3. The molecule has 4 aromatic rings. The van der Waals surface area contributed by atoms with Crippen LogP contribution >= 0.6 is 0 Å². The van der Waals surface area contributed by atoms with Gasteiger partial charge in [0.25, 0.3) is 5.56 Å². The summed E-state index contributed by atoms with van der Waals surface area (Å²) in [5.74, 6) is 6.22. The van der Waals surface area contributed by atoms with Gasteiger partial charge >= 0.3 is 0 Å². The fraction of sp³-hybridized carbons (Fsp3) is 0.296. The molecule has 0 bridgehead atoms. The van der Waals surface area contributed by atoms with E-state index in [1.165, 1.54) is 23.0 Å². The van der Waals surface area contributed by atoms with Gasteiger partial charge in [-0.2, -0.15) is 0 Å². The molecule has 0 radical (unpaired) electrons. The molecular weight excluding hydrogens is 506 g/mol. The summed E-state index contributed by atoms with van der Waals surface area (Å²) in [5, 5.41) is 4.26. The number of fused-ring (bicyclic) bond motifs is 1. The number of ether oxygens (including phenoxy) is 1.